The zero-order valence-corrected chi connectivity index (χ0v) is 11.9. The van der Waals surface area contributed by atoms with Gasteiger partial charge in [0.25, 0.3) is 0 Å². The molecule has 2 heteroatoms. The first-order chi connectivity index (χ1) is 9.36. The van der Waals surface area contributed by atoms with Crippen molar-refractivity contribution in [1.29, 1.82) is 0 Å². The summed E-state index contributed by atoms with van der Waals surface area (Å²) in [6.07, 6.45) is 6.79. The summed E-state index contributed by atoms with van der Waals surface area (Å²) < 4.78 is 5.73. The Morgan fingerprint density at radius 2 is 1.95 bits per heavy atom. The molecule has 19 heavy (non-hydrogen) atoms. The van der Waals surface area contributed by atoms with Gasteiger partial charge in [-0.05, 0) is 42.7 Å². The van der Waals surface area contributed by atoms with Crippen LogP contribution in [0.15, 0.2) is 24.3 Å². The van der Waals surface area contributed by atoms with E-state index >= 15 is 0 Å². The fraction of sp³-hybridized carbons (Fsp3) is 0.647. The van der Waals surface area contributed by atoms with Crippen LogP contribution in [-0.2, 0) is 11.3 Å². The van der Waals surface area contributed by atoms with Gasteiger partial charge in [-0.15, -0.1) is 0 Å². The number of hydrogen-bond acceptors (Lipinski definition) is 2. The van der Waals surface area contributed by atoms with E-state index in [1.807, 2.05) is 0 Å². The van der Waals surface area contributed by atoms with Gasteiger partial charge in [-0.25, -0.2) is 0 Å². The van der Waals surface area contributed by atoms with Crippen LogP contribution in [-0.4, -0.2) is 12.6 Å². The molecule has 1 atom stereocenters. The maximum Gasteiger partial charge on any atom is 0.0721 e. The zero-order chi connectivity index (χ0) is 13.1. The highest BCUT2D eigenvalue weighted by Crippen LogP contribution is 2.30. The van der Waals surface area contributed by atoms with E-state index in [9.17, 15) is 0 Å². The lowest BCUT2D eigenvalue weighted by Gasteiger charge is -2.34. The van der Waals surface area contributed by atoms with E-state index in [-0.39, 0.29) is 0 Å². The minimum atomic E-state index is 0.396. The molecule has 1 aromatic carbocycles. The molecule has 104 valence electrons. The van der Waals surface area contributed by atoms with Gasteiger partial charge in [-0.2, -0.15) is 0 Å². The molecular weight excluding hydrogens is 234 g/mol. The third kappa shape index (κ3) is 3.01. The minimum absolute atomic E-state index is 0.396. The summed E-state index contributed by atoms with van der Waals surface area (Å²) in [7, 11) is 0. The smallest absolute Gasteiger partial charge is 0.0721 e. The number of benzene rings is 1. The van der Waals surface area contributed by atoms with Crippen molar-refractivity contribution in [3.8, 4) is 0 Å². The summed E-state index contributed by atoms with van der Waals surface area (Å²) in [5.41, 5.74) is 2.81. The summed E-state index contributed by atoms with van der Waals surface area (Å²) in [6.45, 7) is 3.92. The van der Waals surface area contributed by atoms with Crippen LogP contribution in [0.4, 0.5) is 0 Å². The van der Waals surface area contributed by atoms with Gasteiger partial charge in [0.1, 0.15) is 0 Å². The molecule has 1 fully saturated rings. The van der Waals surface area contributed by atoms with Gasteiger partial charge >= 0.3 is 0 Å². The van der Waals surface area contributed by atoms with E-state index < -0.39 is 0 Å². The highest BCUT2D eigenvalue weighted by molar-refractivity contribution is 5.31. The second-order valence-corrected chi connectivity index (χ2v) is 6.06. The molecule has 0 bridgehead atoms. The predicted molar refractivity (Wildman–Crippen MR) is 78.0 cm³/mol. The average Bonchev–Trinajstić information content (AvgIpc) is 2.48. The van der Waals surface area contributed by atoms with Crippen LogP contribution in [0.5, 0.6) is 0 Å². The van der Waals surface area contributed by atoms with Gasteiger partial charge in [-0.3, -0.25) is 0 Å². The zero-order valence-electron chi connectivity index (χ0n) is 11.9. The molecule has 1 N–H and O–H groups in total. The summed E-state index contributed by atoms with van der Waals surface area (Å²) in [5, 5.41) is 3.83. The molecule has 3 rings (SSSR count). The van der Waals surface area contributed by atoms with E-state index in [2.05, 4.69) is 36.5 Å². The standard InChI is InChI=1S/C17H25NO/c1-2-13-7-9-15(10-8-13)18-17-12-19-11-14-5-3-4-6-16(14)17/h3-6,13,15,17-18H,2,7-12H2,1H3. The van der Waals surface area contributed by atoms with Crippen molar-refractivity contribution in [3.05, 3.63) is 35.4 Å². The Morgan fingerprint density at radius 1 is 1.16 bits per heavy atom. The van der Waals surface area contributed by atoms with E-state index in [4.69, 9.17) is 4.74 Å². The maximum absolute atomic E-state index is 5.73. The molecule has 1 aromatic rings. The van der Waals surface area contributed by atoms with E-state index in [1.165, 1.54) is 43.2 Å². The second-order valence-electron chi connectivity index (χ2n) is 6.06. The lowest BCUT2D eigenvalue weighted by molar-refractivity contribution is 0.0752. The lowest BCUT2D eigenvalue weighted by Crippen LogP contribution is -2.39. The summed E-state index contributed by atoms with van der Waals surface area (Å²) >= 11 is 0. The Hall–Kier alpha value is -0.860. The first kappa shape index (κ1) is 13.1. The molecule has 2 nitrogen and oxygen atoms in total. The summed E-state index contributed by atoms with van der Waals surface area (Å²) in [6, 6.07) is 9.78. The van der Waals surface area contributed by atoms with Crippen molar-refractivity contribution in [2.75, 3.05) is 6.61 Å². The van der Waals surface area contributed by atoms with E-state index in [0.717, 1.165) is 19.1 Å². The molecule has 2 aliphatic rings. The fourth-order valence-electron chi connectivity index (χ4n) is 3.54. The fourth-order valence-corrected chi connectivity index (χ4v) is 3.54. The Kier molecular flexibility index (Phi) is 4.19. The number of ether oxygens (including phenoxy) is 1. The van der Waals surface area contributed by atoms with Crippen LogP contribution < -0.4 is 5.32 Å². The molecule has 1 aliphatic heterocycles. The maximum atomic E-state index is 5.73. The third-order valence-electron chi connectivity index (χ3n) is 4.83. The Morgan fingerprint density at radius 3 is 2.74 bits per heavy atom. The highest BCUT2D eigenvalue weighted by Gasteiger charge is 2.25. The van der Waals surface area contributed by atoms with Crippen LogP contribution in [0.25, 0.3) is 0 Å². The number of fused-ring (bicyclic) bond motifs is 1. The van der Waals surface area contributed by atoms with Crippen LogP contribution in [0.3, 0.4) is 0 Å². The normalized spacial score (nSPS) is 30.9. The van der Waals surface area contributed by atoms with Crippen molar-refractivity contribution < 1.29 is 4.74 Å². The van der Waals surface area contributed by atoms with Gasteiger partial charge in [0.15, 0.2) is 0 Å². The number of hydrogen-bond donors (Lipinski definition) is 1. The SMILES string of the molecule is CCC1CCC(NC2COCc3ccccc32)CC1. The Labute approximate surface area is 116 Å². The van der Waals surface area contributed by atoms with Gasteiger partial charge < -0.3 is 10.1 Å². The summed E-state index contributed by atoms with van der Waals surface area (Å²) in [5.74, 6) is 0.966. The van der Waals surface area contributed by atoms with Crippen LogP contribution in [0, 0.1) is 5.92 Å². The topological polar surface area (TPSA) is 21.3 Å². The first-order valence-corrected chi connectivity index (χ1v) is 7.78. The van der Waals surface area contributed by atoms with Gasteiger partial charge in [0.2, 0.25) is 0 Å². The Balaban J connectivity index is 1.62. The lowest BCUT2D eigenvalue weighted by atomic mass is 9.84. The first-order valence-electron chi connectivity index (χ1n) is 7.78. The molecule has 1 saturated carbocycles. The Bertz CT molecular complexity index is 409. The highest BCUT2D eigenvalue weighted by atomic mass is 16.5. The summed E-state index contributed by atoms with van der Waals surface area (Å²) in [4.78, 5) is 0. The van der Waals surface area contributed by atoms with Gasteiger partial charge in [0.05, 0.1) is 19.3 Å². The van der Waals surface area contributed by atoms with Gasteiger partial charge in [0, 0.05) is 6.04 Å². The van der Waals surface area contributed by atoms with Crippen molar-refractivity contribution in [3.63, 3.8) is 0 Å². The molecule has 0 aromatic heterocycles. The largest absolute Gasteiger partial charge is 0.375 e. The predicted octanol–water partition coefficient (Wildman–Crippen LogP) is 3.82. The second kappa shape index (κ2) is 6.06. The minimum Gasteiger partial charge on any atom is -0.375 e. The third-order valence-corrected chi connectivity index (χ3v) is 4.83. The molecule has 0 amide bonds. The van der Waals surface area contributed by atoms with E-state index in [1.54, 1.807) is 0 Å². The molecule has 1 heterocycles. The average molecular weight is 259 g/mol. The van der Waals surface area contributed by atoms with Crippen molar-refractivity contribution >= 4 is 0 Å². The molecular formula is C17H25NO. The van der Waals surface area contributed by atoms with Crippen LogP contribution in [0.1, 0.15) is 56.2 Å². The molecule has 1 unspecified atom stereocenters. The van der Waals surface area contributed by atoms with Gasteiger partial charge in [-0.1, -0.05) is 37.6 Å². The molecule has 0 radical (unpaired) electrons. The van der Waals surface area contributed by atoms with Crippen molar-refractivity contribution in [2.45, 2.75) is 57.7 Å². The van der Waals surface area contributed by atoms with Crippen molar-refractivity contribution in [1.82, 2.24) is 5.32 Å². The van der Waals surface area contributed by atoms with Crippen molar-refractivity contribution in [2.24, 2.45) is 5.92 Å². The van der Waals surface area contributed by atoms with E-state index in [0.29, 0.717) is 12.1 Å². The molecule has 0 spiro atoms. The van der Waals surface area contributed by atoms with Crippen LogP contribution >= 0.6 is 0 Å². The quantitative estimate of drug-likeness (QED) is 0.891. The molecule has 1 aliphatic carbocycles. The monoisotopic (exact) mass is 259 g/mol. The number of nitrogens with one attached hydrogen (secondary N) is 1. The van der Waals surface area contributed by atoms with Crippen LogP contribution in [0.2, 0.25) is 0 Å². The number of rotatable bonds is 3. The molecule has 0 saturated heterocycles.